The molecule has 0 aliphatic rings. The number of furan rings is 1. The largest absolute Gasteiger partial charge is 0.461 e. The molecule has 1 amide bonds. The van der Waals surface area contributed by atoms with Crippen molar-refractivity contribution >= 4 is 17.7 Å². The number of aromatic nitrogens is 3. The van der Waals surface area contributed by atoms with Gasteiger partial charge in [0, 0.05) is 19.3 Å². The molecule has 0 aliphatic carbocycles. The van der Waals surface area contributed by atoms with Gasteiger partial charge in [-0.25, -0.2) is 4.39 Å². The van der Waals surface area contributed by atoms with Crippen molar-refractivity contribution in [3.05, 3.63) is 84.4 Å². The van der Waals surface area contributed by atoms with Crippen LogP contribution in [0.25, 0.3) is 17.3 Å². The quantitative estimate of drug-likeness (QED) is 0.389. The molecule has 4 rings (SSSR count). The second kappa shape index (κ2) is 9.18. The van der Waals surface area contributed by atoms with Gasteiger partial charge in [0.15, 0.2) is 10.9 Å². The molecule has 6 nitrogen and oxygen atoms in total. The summed E-state index contributed by atoms with van der Waals surface area (Å²) in [6.07, 6.45) is 1.58. The van der Waals surface area contributed by atoms with E-state index in [-0.39, 0.29) is 11.7 Å². The number of thioether (sulfide) groups is 1. The lowest BCUT2D eigenvalue weighted by Crippen LogP contribution is -2.33. The van der Waals surface area contributed by atoms with E-state index >= 15 is 0 Å². The monoisotopic (exact) mass is 436 g/mol. The minimum absolute atomic E-state index is 0.0866. The third kappa shape index (κ3) is 4.69. The second-order valence-corrected chi connectivity index (χ2v) is 8.35. The summed E-state index contributed by atoms with van der Waals surface area (Å²) in [5.74, 6) is 0.746. The number of halogens is 1. The van der Waals surface area contributed by atoms with Gasteiger partial charge in [-0.15, -0.1) is 10.2 Å². The van der Waals surface area contributed by atoms with Crippen LogP contribution < -0.4 is 0 Å². The third-order valence-electron chi connectivity index (χ3n) is 4.70. The zero-order valence-electron chi connectivity index (χ0n) is 17.1. The topological polar surface area (TPSA) is 64.2 Å². The number of hydrogen-bond donors (Lipinski definition) is 0. The van der Waals surface area contributed by atoms with Gasteiger partial charge < -0.3 is 9.32 Å². The molecule has 0 N–H and O–H groups in total. The number of carbonyl (C=O) groups excluding carboxylic acids is 1. The summed E-state index contributed by atoms with van der Waals surface area (Å²) in [5.41, 5.74) is 1.61. The summed E-state index contributed by atoms with van der Waals surface area (Å²) in [4.78, 5) is 14.5. The first kappa shape index (κ1) is 20.9. The number of amides is 1. The molecule has 158 valence electrons. The van der Waals surface area contributed by atoms with Gasteiger partial charge >= 0.3 is 0 Å². The molecule has 2 aromatic heterocycles. The van der Waals surface area contributed by atoms with Crippen LogP contribution in [-0.4, -0.2) is 37.9 Å². The summed E-state index contributed by atoms with van der Waals surface area (Å²) < 4.78 is 20.9. The van der Waals surface area contributed by atoms with E-state index in [4.69, 9.17) is 4.42 Å². The van der Waals surface area contributed by atoms with Crippen LogP contribution in [0.5, 0.6) is 0 Å². The Hall–Kier alpha value is -3.39. The number of nitrogens with zero attached hydrogens (tertiary/aromatic N) is 4. The first-order valence-corrected chi connectivity index (χ1v) is 10.6. The number of carbonyl (C=O) groups is 1. The molecule has 4 aromatic rings. The molecule has 1 atom stereocenters. The maximum Gasteiger partial charge on any atom is 0.235 e. The van der Waals surface area contributed by atoms with Gasteiger partial charge in [-0.1, -0.05) is 42.1 Å². The summed E-state index contributed by atoms with van der Waals surface area (Å²) >= 11 is 1.32. The smallest absolute Gasteiger partial charge is 0.235 e. The highest BCUT2D eigenvalue weighted by Gasteiger charge is 2.24. The van der Waals surface area contributed by atoms with E-state index in [0.717, 1.165) is 11.3 Å². The van der Waals surface area contributed by atoms with Crippen LogP contribution in [0, 0.1) is 5.82 Å². The molecule has 0 aliphatic heterocycles. The predicted molar refractivity (Wildman–Crippen MR) is 117 cm³/mol. The van der Waals surface area contributed by atoms with Gasteiger partial charge in [-0.05, 0) is 48.9 Å². The highest BCUT2D eigenvalue weighted by Crippen LogP contribution is 2.30. The molecule has 2 heterocycles. The molecule has 0 saturated heterocycles. The fourth-order valence-electron chi connectivity index (χ4n) is 3.23. The van der Waals surface area contributed by atoms with Crippen LogP contribution in [0.15, 0.2) is 82.6 Å². The summed E-state index contributed by atoms with van der Waals surface area (Å²) in [6.45, 7) is 2.15. The van der Waals surface area contributed by atoms with E-state index in [2.05, 4.69) is 10.2 Å². The molecular weight excluding hydrogens is 415 g/mol. The molecule has 31 heavy (non-hydrogen) atoms. The minimum atomic E-state index is -0.422. The standard InChI is InChI=1S/C23H21FN4O2S/c1-16(22(29)27(2)15-17-8-6-9-18(24)14-17)31-23-26-25-21(20-12-7-13-30-20)28(23)19-10-4-3-5-11-19/h3-14,16H,15H2,1-2H3. The summed E-state index contributed by atoms with van der Waals surface area (Å²) in [7, 11) is 1.71. The number of hydrogen-bond acceptors (Lipinski definition) is 5. The number of para-hydroxylation sites is 1. The first-order valence-electron chi connectivity index (χ1n) is 9.73. The molecule has 0 spiro atoms. The number of rotatable bonds is 7. The fraction of sp³-hybridized carbons (Fsp3) is 0.174. The lowest BCUT2D eigenvalue weighted by molar-refractivity contribution is -0.129. The Kier molecular flexibility index (Phi) is 6.18. The Bertz CT molecular complexity index is 1160. The molecule has 0 saturated carbocycles. The molecule has 0 radical (unpaired) electrons. The van der Waals surface area contributed by atoms with E-state index in [0.29, 0.717) is 23.3 Å². The maximum absolute atomic E-state index is 13.5. The van der Waals surface area contributed by atoms with Crippen LogP contribution in [-0.2, 0) is 11.3 Å². The van der Waals surface area contributed by atoms with E-state index in [1.54, 1.807) is 36.4 Å². The SMILES string of the molecule is CC(Sc1nnc(-c2ccco2)n1-c1ccccc1)C(=O)N(C)Cc1cccc(F)c1. The molecule has 8 heteroatoms. The van der Waals surface area contributed by atoms with Gasteiger partial charge in [-0.3, -0.25) is 9.36 Å². The number of benzene rings is 2. The molecular formula is C23H21FN4O2S. The van der Waals surface area contributed by atoms with Crippen molar-refractivity contribution in [3.63, 3.8) is 0 Å². The van der Waals surface area contributed by atoms with Crippen molar-refractivity contribution in [2.45, 2.75) is 23.9 Å². The van der Waals surface area contributed by atoms with Gasteiger partial charge in [0.2, 0.25) is 11.7 Å². The average Bonchev–Trinajstić information content (AvgIpc) is 3.43. The average molecular weight is 437 g/mol. The minimum Gasteiger partial charge on any atom is -0.461 e. The van der Waals surface area contributed by atoms with Crippen LogP contribution >= 0.6 is 11.8 Å². The Morgan fingerprint density at radius 1 is 1.13 bits per heavy atom. The maximum atomic E-state index is 13.5. The highest BCUT2D eigenvalue weighted by molar-refractivity contribution is 8.00. The van der Waals surface area contributed by atoms with E-state index in [1.807, 2.05) is 47.9 Å². The van der Waals surface area contributed by atoms with Crippen molar-refractivity contribution in [2.75, 3.05) is 7.05 Å². The van der Waals surface area contributed by atoms with Crippen molar-refractivity contribution in [1.82, 2.24) is 19.7 Å². The van der Waals surface area contributed by atoms with Crippen molar-refractivity contribution in [3.8, 4) is 17.3 Å². The van der Waals surface area contributed by atoms with Gasteiger partial charge in [-0.2, -0.15) is 0 Å². The van der Waals surface area contributed by atoms with Gasteiger partial charge in [0.1, 0.15) is 5.82 Å². The summed E-state index contributed by atoms with van der Waals surface area (Å²) in [6, 6.07) is 19.5. The summed E-state index contributed by atoms with van der Waals surface area (Å²) in [5, 5.41) is 8.78. The third-order valence-corrected chi connectivity index (χ3v) is 5.73. The Balaban J connectivity index is 1.56. The van der Waals surface area contributed by atoms with Crippen LogP contribution in [0.2, 0.25) is 0 Å². The predicted octanol–water partition coefficient (Wildman–Crippen LogP) is 4.81. The van der Waals surface area contributed by atoms with Crippen LogP contribution in [0.4, 0.5) is 4.39 Å². The first-order chi connectivity index (χ1) is 15.0. The molecule has 0 bridgehead atoms. The lowest BCUT2D eigenvalue weighted by atomic mass is 10.2. The Morgan fingerprint density at radius 3 is 2.65 bits per heavy atom. The van der Waals surface area contributed by atoms with Crippen molar-refractivity contribution in [1.29, 1.82) is 0 Å². The van der Waals surface area contributed by atoms with Gasteiger partial charge in [0.05, 0.1) is 11.5 Å². The van der Waals surface area contributed by atoms with Crippen LogP contribution in [0.3, 0.4) is 0 Å². The van der Waals surface area contributed by atoms with Crippen molar-refractivity contribution in [2.24, 2.45) is 0 Å². The Labute approximate surface area is 183 Å². The molecule has 1 unspecified atom stereocenters. The second-order valence-electron chi connectivity index (χ2n) is 7.04. The molecule has 0 fully saturated rings. The lowest BCUT2D eigenvalue weighted by Gasteiger charge is -2.21. The fourth-order valence-corrected chi connectivity index (χ4v) is 4.21. The highest BCUT2D eigenvalue weighted by atomic mass is 32.2. The Morgan fingerprint density at radius 2 is 1.94 bits per heavy atom. The van der Waals surface area contributed by atoms with E-state index < -0.39 is 5.25 Å². The van der Waals surface area contributed by atoms with Gasteiger partial charge in [0.25, 0.3) is 0 Å². The van der Waals surface area contributed by atoms with Crippen LogP contribution in [0.1, 0.15) is 12.5 Å². The zero-order valence-corrected chi connectivity index (χ0v) is 17.9. The van der Waals surface area contributed by atoms with E-state index in [1.165, 1.54) is 23.9 Å². The van der Waals surface area contributed by atoms with E-state index in [9.17, 15) is 9.18 Å². The van der Waals surface area contributed by atoms with Crippen molar-refractivity contribution < 1.29 is 13.6 Å². The molecule has 2 aromatic carbocycles. The zero-order chi connectivity index (χ0) is 21.8. The normalized spacial score (nSPS) is 12.0.